The van der Waals surface area contributed by atoms with Gasteiger partial charge < -0.3 is 4.90 Å². The van der Waals surface area contributed by atoms with E-state index in [1.54, 1.807) is 30.1 Å². The summed E-state index contributed by atoms with van der Waals surface area (Å²) in [6.07, 6.45) is 0. The van der Waals surface area contributed by atoms with E-state index < -0.39 is 6.04 Å². The molecule has 0 aliphatic rings. The second kappa shape index (κ2) is 7.04. The van der Waals surface area contributed by atoms with Crippen LogP contribution in [0.15, 0.2) is 23.2 Å². The quantitative estimate of drug-likeness (QED) is 0.273. The van der Waals surface area contributed by atoms with E-state index in [9.17, 15) is 10.1 Å². The Morgan fingerprint density at radius 2 is 2.32 bits per heavy atom. The van der Waals surface area contributed by atoms with Crippen LogP contribution in [-0.2, 0) is 6.54 Å². The number of rotatable bonds is 5. The summed E-state index contributed by atoms with van der Waals surface area (Å²) in [5.41, 5.74) is 0.685. The molecular formula is C12H17ClN4O2. The van der Waals surface area contributed by atoms with Gasteiger partial charge in [-0.3, -0.25) is 15.1 Å². The van der Waals surface area contributed by atoms with E-state index in [4.69, 9.17) is 11.6 Å². The molecule has 0 aromatic carbocycles. The molecule has 1 heterocycles. The Morgan fingerprint density at radius 3 is 2.84 bits per heavy atom. The first-order valence-corrected chi connectivity index (χ1v) is 6.34. The van der Waals surface area contributed by atoms with E-state index in [1.807, 2.05) is 6.92 Å². The van der Waals surface area contributed by atoms with Crippen molar-refractivity contribution in [2.75, 3.05) is 13.6 Å². The summed E-state index contributed by atoms with van der Waals surface area (Å²) < 4.78 is 0. The van der Waals surface area contributed by atoms with Crippen LogP contribution in [0.25, 0.3) is 0 Å². The molecule has 1 atom stereocenters. The minimum absolute atomic E-state index is 0.276. The Bertz CT molecular complexity index is 479. The highest BCUT2D eigenvalue weighted by Gasteiger charge is 2.23. The van der Waals surface area contributed by atoms with Crippen LogP contribution in [-0.4, -0.2) is 40.3 Å². The SMILES string of the molecule is CCN(C)C(=NCc1cccc(Cl)n1)C(C)[N+](=O)[O-]. The number of aromatic nitrogens is 1. The first kappa shape index (κ1) is 15.4. The summed E-state index contributed by atoms with van der Waals surface area (Å²) in [7, 11) is 1.78. The molecule has 1 aromatic rings. The average molecular weight is 285 g/mol. The van der Waals surface area contributed by atoms with Gasteiger partial charge in [0.2, 0.25) is 0 Å². The normalized spacial score (nSPS) is 13.2. The maximum atomic E-state index is 10.9. The monoisotopic (exact) mass is 284 g/mol. The summed E-state index contributed by atoms with van der Waals surface area (Å²) in [6.45, 7) is 4.37. The van der Waals surface area contributed by atoms with Crippen molar-refractivity contribution in [1.29, 1.82) is 0 Å². The lowest BCUT2D eigenvalue weighted by Gasteiger charge is -2.20. The smallest absolute Gasteiger partial charge is 0.266 e. The highest BCUT2D eigenvalue weighted by molar-refractivity contribution is 6.29. The van der Waals surface area contributed by atoms with Crippen molar-refractivity contribution in [2.24, 2.45) is 4.99 Å². The van der Waals surface area contributed by atoms with Gasteiger partial charge in [0.1, 0.15) is 5.15 Å². The number of amidine groups is 1. The largest absolute Gasteiger partial charge is 0.358 e. The van der Waals surface area contributed by atoms with Crippen molar-refractivity contribution in [2.45, 2.75) is 26.4 Å². The standard InChI is InChI=1S/C12H17ClN4O2/c1-4-16(3)12(9(2)17(18)19)14-8-10-6-5-7-11(13)15-10/h5-7,9H,4,8H2,1-3H3. The van der Waals surface area contributed by atoms with Crippen LogP contribution in [0.4, 0.5) is 0 Å². The van der Waals surface area contributed by atoms with E-state index in [2.05, 4.69) is 9.98 Å². The number of hydrogen-bond donors (Lipinski definition) is 0. The summed E-state index contributed by atoms with van der Waals surface area (Å²) in [6, 6.07) is 4.40. The molecule has 0 N–H and O–H groups in total. The van der Waals surface area contributed by atoms with Gasteiger partial charge in [0, 0.05) is 25.4 Å². The Hall–Kier alpha value is -1.69. The third-order valence-electron chi connectivity index (χ3n) is 2.73. The molecule has 0 aliphatic carbocycles. The van der Waals surface area contributed by atoms with Gasteiger partial charge in [-0.25, -0.2) is 4.98 Å². The van der Waals surface area contributed by atoms with Gasteiger partial charge in [0.15, 0.2) is 5.84 Å². The lowest BCUT2D eigenvalue weighted by molar-refractivity contribution is -0.499. The number of pyridine rings is 1. The first-order chi connectivity index (χ1) is 8.95. The minimum atomic E-state index is -0.843. The maximum absolute atomic E-state index is 10.9. The molecule has 0 bridgehead atoms. The van der Waals surface area contributed by atoms with Crippen molar-refractivity contribution < 1.29 is 4.92 Å². The zero-order valence-electron chi connectivity index (χ0n) is 11.2. The Morgan fingerprint density at radius 1 is 1.63 bits per heavy atom. The fourth-order valence-electron chi connectivity index (χ4n) is 1.53. The van der Waals surface area contributed by atoms with Crippen molar-refractivity contribution >= 4 is 17.4 Å². The molecule has 1 rings (SSSR count). The predicted molar refractivity (Wildman–Crippen MR) is 75.1 cm³/mol. The van der Waals surface area contributed by atoms with E-state index in [0.29, 0.717) is 23.2 Å². The predicted octanol–water partition coefficient (Wildman–Crippen LogP) is 2.25. The third kappa shape index (κ3) is 4.48. The topological polar surface area (TPSA) is 71.6 Å². The van der Waals surface area contributed by atoms with E-state index >= 15 is 0 Å². The lowest BCUT2D eigenvalue weighted by atomic mass is 10.3. The van der Waals surface area contributed by atoms with Crippen LogP contribution < -0.4 is 0 Å². The fourth-order valence-corrected chi connectivity index (χ4v) is 1.71. The molecule has 7 heteroatoms. The Labute approximate surface area is 117 Å². The Kier molecular flexibility index (Phi) is 5.69. The number of halogens is 1. The molecule has 0 radical (unpaired) electrons. The van der Waals surface area contributed by atoms with Crippen LogP contribution >= 0.6 is 11.6 Å². The second-order valence-electron chi connectivity index (χ2n) is 4.10. The molecule has 0 saturated carbocycles. The number of likely N-dealkylation sites (N-methyl/N-ethyl adjacent to an activating group) is 1. The van der Waals surface area contributed by atoms with Gasteiger partial charge in [-0.2, -0.15) is 0 Å². The zero-order chi connectivity index (χ0) is 14.4. The van der Waals surface area contributed by atoms with Crippen LogP contribution in [0.2, 0.25) is 5.15 Å². The highest BCUT2D eigenvalue weighted by atomic mass is 35.5. The molecule has 6 nitrogen and oxygen atoms in total. The van der Waals surface area contributed by atoms with E-state index in [1.165, 1.54) is 6.92 Å². The fraction of sp³-hybridized carbons (Fsp3) is 0.500. The van der Waals surface area contributed by atoms with Crippen molar-refractivity contribution in [3.8, 4) is 0 Å². The van der Waals surface area contributed by atoms with Gasteiger partial charge in [-0.1, -0.05) is 17.7 Å². The molecule has 0 saturated heterocycles. The van der Waals surface area contributed by atoms with Gasteiger partial charge in [0.05, 0.1) is 12.2 Å². The molecule has 0 fully saturated rings. The number of nitrogens with zero attached hydrogens (tertiary/aromatic N) is 4. The number of aliphatic imine (C=N–C) groups is 1. The summed E-state index contributed by atoms with van der Waals surface area (Å²) in [5, 5.41) is 11.3. The van der Waals surface area contributed by atoms with Crippen molar-refractivity contribution in [1.82, 2.24) is 9.88 Å². The van der Waals surface area contributed by atoms with Gasteiger partial charge >= 0.3 is 0 Å². The average Bonchev–Trinajstić information content (AvgIpc) is 2.38. The van der Waals surface area contributed by atoms with Gasteiger partial charge in [-0.05, 0) is 19.1 Å². The first-order valence-electron chi connectivity index (χ1n) is 5.96. The highest BCUT2D eigenvalue weighted by Crippen LogP contribution is 2.07. The second-order valence-corrected chi connectivity index (χ2v) is 4.49. The summed E-state index contributed by atoms with van der Waals surface area (Å²) in [4.78, 5) is 20.7. The van der Waals surface area contributed by atoms with Crippen molar-refractivity contribution in [3.63, 3.8) is 0 Å². The van der Waals surface area contributed by atoms with Gasteiger partial charge in [-0.15, -0.1) is 0 Å². The molecule has 0 amide bonds. The molecule has 1 aromatic heterocycles. The third-order valence-corrected chi connectivity index (χ3v) is 2.94. The zero-order valence-corrected chi connectivity index (χ0v) is 12.0. The van der Waals surface area contributed by atoms with Crippen LogP contribution in [0.3, 0.4) is 0 Å². The molecule has 104 valence electrons. The molecule has 0 spiro atoms. The van der Waals surface area contributed by atoms with E-state index in [-0.39, 0.29) is 11.5 Å². The Balaban J connectivity index is 2.91. The van der Waals surface area contributed by atoms with Crippen LogP contribution in [0.1, 0.15) is 19.5 Å². The van der Waals surface area contributed by atoms with Crippen LogP contribution in [0, 0.1) is 10.1 Å². The van der Waals surface area contributed by atoms with E-state index in [0.717, 1.165) is 0 Å². The number of nitro groups is 1. The van der Waals surface area contributed by atoms with Crippen molar-refractivity contribution in [3.05, 3.63) is 39.2 Å². The van der Waals surface area contributed by atoms with Gasteiger partial charge in [0.25, 0.3) is 6.04 Å². The molecule has 0 aliphatic heterocycles. The molecule has 19 heavy (non-hydrogen) atoms. The molecular weight excluding hydrogens is 268 g/mol. The molecule has 1 unspecified atom stereocenters. The summed E-state index contributed by atoms with van der Waals surface area (Å²) >= 11 is 5.78. The number of hydrogen-bond acceptors (Lipinski definition) is 4. The summed E-state index contributed by atoms with van der Waals surface area (Å²) in [5.74, 6) is 0.439. The van der Waals surface area contributed by atoms with Crippen LogP contribution in [0.5, 0.6) is 0 Å². The maximum Gasteiger partial charge on any atom is 0.266 e. The minimum Gasteiger partial charge on any atom is -0.358 e. The lowest BCUT2D eigenvalue weighted by Crippen LogP contribution is -2.39.